The van der Waals surface area contributed by atoms with Gasteiger partial charge in [-0.15, -0.1) is 0 Å². The minimum absolute atomic E-state index is 0.0764. The van der Waals surface area contributed by atoms with Gasteiger partial charge in [0.25, 0.3) is 0 Å². The van der Waals surface area contributed by atoms with Crippen LogP contribution in [0.25, 0.3) is 11.1 Å². The van der Waals surface area contributed by atoms with Gasteiger partial charge in [-0.1, -0.05) is 55.5 Å². The third-order valence-corrected chi connectivity index (χ3v) is 4.89. The SMILES string of the molecule is C[C@@H]1CCCN([C@@H](C)C(=O)Nc2ccccc2-c2ccccc2)C1. The predicted molar refractivity (Wildman–Crippen MR) is 99.9 cm³/mol. The van der Waals surface area contributed by atoms with Crippen LogP contribution in [-0.2, 0) is 4.79 Å². The van der Waals surface area contributed by atoms with E-state index in [0.717, 1.165) is 29.9 Å². The molecule has 1 fully saturated rings. The largest absolute Gasteiger partial charge is 0.324 e. The van der Waals surface area contributed by atoms with Crippen LogP contribution in [0, 0.1) is 5.92 Å². The Kier molecular flexibility index (Phi) is 5.31. The zero-order valence-corrected chi connectivity index (χ0v) is 14.5. The van der Waals surface area contributed by atoms with Crippen molar-refractivity contribution < 1.29 is 4.79 Å². The minimum Gasteiger partial charge on any atom is -0.324 e. The van der Waals surface area contributed by atoms with Crippen molar-refractivity contribution in [1.29, 1.82) is 0 Å². The van der Waals surface area contributed by atoms with Gasteiger partial charge in [0.15, 0.2) is 0 Å². The molecule has 2 atom stereocenters. The molecular weight excluding hydrogens is 296 g/mol. The third-order valence-electron chi connectivity index (χ3n) is 4.89. The molecule has 0 aliphatic carbocycles. The number of anilines is 1. The van der Waals surface area contributed by atoms with Crippen molar-refractivity contribution in [2.75, 3.05) is 18.4 Å². The molecule has 3 heteroatoms. The van der Waals surface area contributed by atoms with Crippen LogP contribution in [-0.4, -0.2) is 29.9 Å². The second kappa shape index (κ2) is 7.63. The van der Waals surface area contributed by atoms with Gasteiger partial charge in [0.05, 0.1) is 6.04 Å². The first-order valence-corrected chi connectivity index (χ1v) is 8.84. The highest BCUT2D eigenvalue weighted by Gasteiger charge is 2.26. The first-order chi connectivity index (χ1) is 11.6. The first-order valence-electron chi connectivity index (χ1n) is 8.84. The number of benzene rings is 2. The third kappa shape index (κ3) is 3.85. The molecule has 2 aromatic carbocycles. The molecule has 2 aromatic rings. The maximum absolute atomic E-state index is 12.7. The molecule has 1 amide bonds. The van der Waals surface area contributed by atoms with Crippen LogP contribution in [0.4, 0.5) is 5.69 Å². The number of carbonyl (C=O) groups is 1. The zero-order valence-electron chi connectivity index (χ0n) is 14.5. The van der Waals surface area contributed by atoms with Gasteiger partial charge in [-0.25, -0.2) is 0 Å². The van der Waals surface area contributed by atoms with Crippen molar-refractivity contribution in [3.05, 3.63) is 54.6 Å². The summed E-state index contributed by atoms with van der Waals surface area (Å²) in [4.78, 5) is 15.0. The summed E-state index contributed by atoms with van der Waals surface area (Å²) in [6.07, 6.45) is 2.45. The Labute approximate surface area is 144 Å². The molecule has 126 valence electrons. The maximum atomic E-state index is 12.7. The van der Waals surface area contributed by atoms with E-state index in [-0.39, 0.29) is 11.9 Å². The summed E-state index contributed by atoms with van der Waals surface area (Å²) in [5, 5.41) is 3.14. The molecule has 1 N–H and O–H groups in total. The highest BCUT2D eigenvalue weighted by atomic mass is 16.2. The second-order valence-corrected chi connectivity index (χ2v) is 6.82. The van der Waals surface area contributed by atoms with Gasteiger partial charge in [-0.05, 0) is 43.9 Å². The van der Waals surface area contributed by atoms with Gasteiger partial charge in [-0.2, -0.15) is 0 Å². The van der Waals surface area contributed by atoms with Crippen LogP contribution >= 0.6 is 0 Å². The molecule has 24 heavy (non-hydrogen) atoms. The fraction of sp³-hybridized carbons (Fsp3) is 0.381. The van der Waals surface area contributed by atoms with Crippen LogP contribution in [0.3, 0.4) is 0 Å². The van der Waals surface area contributed by atoms with E-state index >= 15 is 0 Å². The molecule has 1 aliphatic heterocycles. The Hall–Kier alpha value is -2.13. The first kappa shape index (κ1) is 16.7. The van der Waals surface area contributed by atoms with Crippen molar-refractivity contribution in [3.8, 4) is 11.1 Å². The lowest BCUT2D eigenvalue weighted by atomic mass is 9.98. The Bertz CT molecular complexity index is 683. The summed E-state index contributed by atoms with van der Waals surface area (Å²) >= 11 is 0. The van der Waals surface area contributed by atoms with Crippen LogP contribution < -0.4 is 5.32 Å². The monoisotopic (exact) mass is 322 g/mol. The summed E-state index contributed by atoms with van der Waals surface area (Å²) in [6.45, 7) is 6.30. The lowest BCUT2D eigenvalue weighted by molar-refractivity contribution is -0.121. The fourth-order valence-electron chi connectivity index (χ4n) is 3.44. The summed E-state index contributed by atoms with van der Waals surface area (Å²) in [6, 6.07) is 18.1. The molecule has 0 aromatic heterocycles. The van der Waals surface area contributed by atoms with Crippen molar-refractivity contribution in [3.63, 3.8) is 0 Å². The summed E-state index contributed by atoms with van der Waals surface area (Å²) in [7, 11) is 0. The van der Waals surface area contributed by atoms with Crippen molar-refractivity contribution in [2.45, 2.75) is 32.7 Å². The van der Waals surface area contributed by atoms with Gasteiger partial charge in [0.1, 0.15) is 0 Å². The van der Waals surface area contributed by atoms with Crippen molar-refractivity contribution in [2.24, 2.45) is 5.92 Å². The molecular formula is C21H26N2O. The predicted octanol–water partition coefficient (Wildman–Crippen LogP) is 4.41. The van der Waals surface area contributed by atoms with E-state index in [1.54, 1.807) is 0 Å². The molecule has 0 radical (unpaired) electrons. The summed E-state index contributed by atoms with van der Waals surface area (Å²) in [5.74, 6) is 0.748. The molecule has 3 rings (SSSR count). The molecule has 0 saturated carbocycles. The molecule has 0 bridgehead atoms. The second-order valence-electron chi connectivity index (χ2n) is 6.82. The topological polar surface area (TPSA) is 32.3 Å². The number of likely N-dealkylation sites (tertiary alicyclic amines) is 1. The van der Waals surface area contributed by atoms with Crippen LogP contribution in [0.1, 0.15) is 26.7 Å². The smallest absolute Gasteiger partial charge is 0.241 e. The van der Waals surface area contributed by atoms with Gasteiger partial charge in [0, 0.05) is 17.8 Å². The number of carbonyl (C=O) groups excluding carboxylic acids is 1. The van der Waals surface area contributed by atoms with Gasteiger partial charge >= 0.3 is 0 Å². The molecule has 1 saturated heterocycles. The standard InChI is InChI=1S/C21H26N2O/c1-16-9-8-14-23(15-16)17(2)21(24)22-20-13-7-6-12-19(20)18-10-4-3-5-11-18/h3-7,10-13,16-17H,8-9,14-15H2,1-2H3,(H,22,24)/t16-,17+/m1/s1. The van der Waals surface area contributed by atoms with E-state index in [1.165, 1.54) is 12.8 Å². The van der Waals surface area contributed by atoms with Crippen molar-refractivity contribution >= 4 is 11.6 Å². The number of amides is 1. The highest BCUT2D eigenvalue weighted by molar-refractivity contribution is 5.98. The molecule has 0 unspecified atom stereocenters. The number of nitrogens with zero attached hydrogens (tertiary/aromatic N) is 1. The molecule has 0 spiro atoms. The van der Waals surface area contributed by atoms with E-state index in [2.05, 4.69) is 35.3 Å². The number of rotatable bonds is 4. The minimum atomic E-state index is -0.100. The summed E-state index contributed by atoms with van der Waals surface area (Å²) < 4.78 is 0. The van der Waals surface area contributed by atoms with E-state index in [9.17, 15) is 4.79 Å². The summed E-state index contributed by atoms with van der Waals surface area (Å²) in [5.41, 5.74) is 3.06. The maximum Gasteiger partial charge on any atom is 0.241 e. The Morgan fingerprint density at radius 2 is 1.83 bits per heavy atom. The Balaban J connectivity index is 1.75. The Morgan fingerprint density at radius 3 is 2.58 bits per heavy atom. The van der Waals surface area contributed by atoms with Crippen molar-refractivity contribution in [1.82, 2.24) is 4.90 Å². The number of para-hydroxylation sites is 1. The van der Waals surface area contributed by atoms with Gasteiger partial charge < -0.3 is 5.32 Å². The average Bonchev–Trinajstić information content (AvgIpc) is 2.62. The fourth-order valence-corrected chi connectivity index (χ4v) is 3.44. The number of hydrogen-bond donors (Lipinski definition) is 1. The van der Waals surface area contributed by atoms with Crippen LogP contribution in [0.5, 0.6) is 0 Å². The normalized spacial score (nSPS) is 19.7. The van der Waals surface area contributed by atoms with Crippen LogP contribution in [0.15, 0.2) is 54.6 Å². The lowest BCUT2D eigenvalue weighted by Gasteiger charge is -2.34. The lowest BCUT2D eigenvalue weighted by Crippen LogP contribution is -2.46. The van der Waals surface area contributed by atoms with Crippen LogP contribution in [0.2, 0.25) is 0 Å². The van der Waals surface area contributed by atoms with Gasteiger partial charge in [-0.3, -0.25) is 9.69 Å². The number of hydrogen-bond acceptors (Lipinski definition) is 2. The Morgan fingerprint density at radius 1 is 1.12 bits per heavy atom. The van der Waals surface area contributed by atoms with E-state index in [0.29, 0.717) is 5.92 Å². The average molecular weight is 322 g/mol. The quantitative estimate of drug-likeness (QED) is 0.904. The van der Waals surface area contributed by atoms with E-state index < -0.39 is 0 Å². The molecule has 1 aliphatic rings. The number of piperidine rings is 1. The highest BCUT2D eigenvalue weighted by Crippen LogP contribution is 2.28. The molecule has 1 heterocycles. The molecule has 3 nitrogen and oxygen atoms in total. The van der Waals surface area contributed by atoms with E-state index in [1.807, 2.05) is 43.3 Å². The van der Waals surface area contributed by atoms with Gasteiger partial charge in [0.2, 0.25) is 5.91 Å². The number of nitrogens with one attached hydrogen (secondary N) is 1. The zero-order chi connectivity index (χ0) is 16.9. The van der Waals surface area contributed by atoms with E-state index in [4.69, 9.17) is 0 Å².